The van der Waals surface area contributed by atoms with Crippen LogP contribution in [0.3, 0.4) is 0 Å². The number of aliphatic hydroxyl groups excluding tert-OH is 11. The minimum Gasteiger partial charge on any atom is -0.507 e. The van der Waals surface area contributed by atoms with E-state index < -0.39 is 189 Å². The second-order valence-electron chi connectivity index (χ2n) is 15.8. The number of aliphatic hydroxyl groups is 11. The maximum Gasteiger partial charge on any atom is 0.364 e. The van der Waals surface area contributed by atoms with E-state index in [1.165, 1.54) is 13.8 Å². The summed E-state index contributed by atoms with van der Waals surface area (Å²) in [4.78, 5) is 38.5. The Morgan fingerprint density at radius 3 is 2.05 bits per heavy atom. The van der Waals surface area contributed by atoms with Crippen molar-refractivity contribution in [3.05, 3.63) is 29.6 Å². The molecule has 63 heavy (non-hydrogen) atoms. The normalized spacial score (nSPS) is 41.9. The van der Waals surface area contributed by atoms with Crippen LogP contribution < -0.4 is 10.6 Å². The maximum atomic E-state index is 14.2. The lowest BCUT2D eigenvalue weighted by Gasteiger charge is -2.51. The number of phenols is 1. The number of carboxylic acids is 1. The molecule has 15 N–H and O–H groups in total. The van der Waals surface area contributed by atoms with Gasteiger partial charge in [0.05, 0.1) is 55.8 Å². The van der Waals surface area contributed by atoms with E-state index in [0.29, 0.717) is 6.07 Å². The molecular formula is C37H55FN2O23. The molecule has 0 spiro atoms. The Bertz CT molecular complexity index is 1730. The number of carbonyl (C=O) groups is 3. The summed E-state index contributed by atoms with van der Waals surface area (Å²) in [6.07, 6.45) is -34.8. The van der Waals surface area contributed by atoms with E-state index >= 15 is 0 Å². The van der Waals surface area contributed by atoms with Gasteiger partial charge in [0.1, 0.15) is 90.9 Å². The standard InChI is InChI=1S/C37H55FN2O23/c1-11-21(40-33(54)15-6-14(38)4-5-16(15)45)31(61-34-27(52)26(51)23(48)12(2)58-34)29(20(10-43)57-11)60-35-28(53)32(25(50)19(9-42)59-35)63-37(36(55)56)7-17(46)22(39-13(3)44)30(62-37)24(49)18(47)8-41/h4-6,11-12,17-32,34-35,41-43,45-53H,7-10H2,1-3H3,(H,39,44)(H,40,54)(H,55,56)/t11-,12?,17?,18+,19?,20?,21?,22+,23+,24+,25-,26?,27-,28?,29+,30?,31+,32?,34-,35-,37-/m0/s1. The van der Waals surface area contributed by atoms with Gasteiger partial charge in [0.15, 0.2) is 12.6 Å². The van der Waals surface area contributed by atoms with E-state index in [2.05, 4.69) is 10.6 Å². The maximum absolute atomic E-state index is 14.2. The summed E-state index contributed by atoms with van der Waals surface area (Å²) in [6, 6.07) is -0.653. The van der Waals surface area contributed by atoms with Gasteiger partial charge in [-0.1, -0.05) is 0 Å². The van der Waals surface area contributed by atoms with Crippen molar-refractivity contribution in [1.82, 2.24) is 10.6 Å². The molecule has 4 aliphatic heterocycles. The minimum absolute atomic E-state index is 0.568. The molecule has 0 bridgehead atoms. The fourth-order valence-electron chi connectivity index (χ4n) is 7.92. The van der Waals surface area contributed by atoms with Gasteiger partial charge in [-0.2, -0.15) is 0 Å². The molecule has 21 atom stereocenters. The third kappa shape index (κ3) is 10.7. The van der Waals surface area contributed by atoms with Crippen LogP contribution in [0.1, 0.15) is 37.6 Å². The Labute approximate surface area is 357 Å². The largest absolute Gasteiger partial charge is 0.507 e. The van der Waals surface area contributed by atoms with Crippen molar-refractivity contribution in [3.63, 3.8) is 0 Å². The highest BCUT2D eigenvalue weighted by atomic mass is 19.1. The first-order valence-electron chi connectivity index (χ1n) is 19.8. The highest BCUT2D eigenvalue weighted by Crippen LogP contribution is 2.39. The predicted molar refractivity (Wildman–Crippen MR) is 198 cm³/mol. The third-order valence-electron chi connectivity index (χ3n) is 11.3. The van der Waals surface area contributed by atoms with E-state index in [4.69, 9.17) is 33.2 Å². The molecule has 25 nitrogen and oxygen atoms in total. The van der Waals surface area contributed by atoms with Gasteiger partial charge >= 0.3 is 5.97 Å². The molecule has 0 aliphatic carbocycles. The van der Waals surface area contributed by atoms with Crippen molar-refractivity contribution in [2.45, 2.75) is 155 Å². The van der Waals surface area contributed by atoms with Crippen molar-refractivity contribution in [2.75, 3.05) is 19.8 Å². The lowest BCUT2D eigenvalue weighted by molar-refractivity contribution is -0.385. The summed E-state index contributed by atoms with van der Waals surface area (Å²) in [5.41, 5.74) is -0.568. The van der Waals surface area contributed by atoms with Gasteiger partial charge in [-0.15, -0.1) is 0 Å². The van der Waals surface area contributed by atoms with Gasteiger partial charge in [-0.3, -0.25) is 9.59 Å². The van der Waals surface area contributed by atoms with Crippen LogP contribution in [0.4, 0.5) is 4.39 Å². The van der Waals surface area contributed by atoms with Gasteiger partial charge in [-0.25, -0.2) is 9.18 Å². The van der Waals surface area contributed by atoms with Crippen LogP contribution in [-0.2, 0) is 42.7 Å². The summed E-state index contributed by atoms with van der Waals surface area (Å²) in [5, 5.41) is 143. The lowest BCUT2D eigenvalue weighted by atomic mass is 9.88. The molecule has 0 radical (unpaired) electrons. The highest BCUT2D eigenvalue weighted by Gasteiger charge is 2.60. The molecule has 0 aromatic heterocycles. The van der Waals surface area contributed by atoms with E-state index in [1.807, 2.05) is 0 Å². The van der Waals surface area contributed by atoms with Crippen LogP contribution in [-0.4, -0.2) is 232 Å². The number of hydrogen-bond acceptors (Lipinski definition) is 22. The first-order chi connectivity index (χ1) is 29.6. The molecule has 358 valence electrons. The highest BCUT2D eigenvalue weighted by molar-refractivity contribution is 5.97. The smallest absolute Gasteiger partial charge is 0.364 e. The van der Waals surface area contributed by atoms with Crippen LogP contribution in [0.5, 0.6) is 5.75 Å². The number of hydrogen-bond donors (Lipinski definition) is 15. The molecular weight excluding hydrogens is 859 g/mol. The van der Waals surface area contributed by atoms with Crippen molar-refractivity contribution in [2.24, 2.45) is 0 Å². The minimum atomic E-state index is -3.15. The van der Waals surface area contributed by atoms with Crippen molar-refractivity contribution in [1.29, 1.82) is 0 Å². The predicted octanol–water partition coefficient (Wildman–Crippen LogP) is -7.02. The molecule has 0 saturated carbocycles. The molecule has 9 unspecified atom stereocenters. The van der Waals surface area contributed by atoms with Gasteiger partial charge < -0.3 is 110 Å². The number of benzene rings is 1. The summed E-state index contributed by atoms with van der Waals surface area (Å²) in [6.45, 7) is 0.605. The quantitative estimate of drug-likeness (QED) is 0.0777. The summed E-state index contributed by atoms with van der Waals surface area (Å²) >= 11 is 0. The lowest BCUT2D eigenvalue weighted by Crippen LogP contribution is -2.71. The molecule has 4 fully saturated rings. The number of ether oxygens (including phenoxy) is 7. The first kappa shape index (κ1) is 50.6. The van der Waals surface area contributed by atoms with Crippen LogP contribution in [0.2, 0.25) is 0 Å². The Morgan fingerprint density at radius 1 is 0.810 bits per heavy atom. The van der Waals surface area contributed by atoms with Crippen molar-refractivity contribution >= 4 is 17.8 Å². The Hall–Kier alpha value is -3.36. The van der Waals surface area contributed by atoms with Gasteiger partial charge in [0.2, 0.25) is 5.91 Å². The number of carbonyl (C=O) groups excluding carboxylic acids is 2. The molecule has 1 aromatic rings. The Kier molecular flexibility index (Phi) is 16.8. The first-order valence-corrected chi connectivity index (χ1v) is 19.8. The average molecular weight is 915 g/mol. The number of halogens is 1. The van der Waals surface area contributed by atoms with E-state index in [1.54, 1.807) is 0 Å². The monoisotopic (exact) mass is 914 g/mol. The number of amides is 2. The molecule has 4 saturated heterocycles. The average Bonchev–Trinajstić information content (AvgIpc) is 3.24. The number of nitrogens with one attached hydrogen (secondary N) is 2. The third-order valence-corrected chi connectivity index (χ3v) is 11.3. The fraction of sp³-hybridized carbons (Fsp3) is 0.757. The Morgan fingerprint density at radius 2 is 1.44 bits per heavy atom. The molecule has 4 heterocycles. The summed E-state index contributed by atoms with van der Waals surface area (Å²) < 4.78 is 55.0. The van der Waals surface area contributed by atoms with Crippen molar-refractivity contribution < 1.29 is 118 Å². The second-order valence-corrected chi connectivity index (χ2v) is 15.8. The van der Waals surface area contributed by atoms with Crippen LogP contribution >= 0.6 is 0 Å². The van der Waals surface area contributed by atoms with Gasteiger partial charge in [-0.05, 0) is 32.0 Å². The molecule has 2 amide bonds. The van der Waals surface area contributed by atoms with E-state index in [-0.39, 0.29) is 0 Å². The topological polar surface area (TPSA) is 403 Å². The summed E-state index contributed by atoms with van der Waals surface area (Å²) in [7, 11) is 0. The van der Waals surface area contributed by atoms with Crippen LogP contribution in [0.15, 0.2) is 18.2 Å². The number of phenolic OH excluding ortho intramolecular Hbond substituents is 1. The van der Waals surface area contributed by atoms with Crippen LogP contribution in [0.25, 0.3) is 0 Å². The number of carboxylic acid groups (broad SMARTS) is 1. The molecule has 26 heteroatoms. The SMILES string of the molecule is CC(=O)N[C@@H]1C(O)C[C@](OC2C(O)[C@H](O[C@@H]3C(CO)O[C@@H](C)C(NC(=O)c4cc(F)ccc4O)[C@H]3O[C@@H]3OC(C)[C@@H](O)C(O)[C@@H]3O)OC(CO)[C@@H]2O)(C(=O)O)OC1[C@H](O)[C@H](O)CO. The fourth-order valence-corrected chi connectivity index (χ4v) is 7.92. The summed E-state index contributed by atoms with van der Waals surface area (Å²) in [5.74, 6) is -8.68. The van der Waals surface area contributed by atoms with Crippen LogP contribution in [0, 0.1) is 5.82 Å². The number of rotatable bonds is 15. The molecule has 5 rings (SSSR count). The zero-order chi connectivity index (χ0) is 46.8. The van der Waals surface area contributed by atoms with Gasteiger partial charge in [0, 0.05) is 13.3 Å². The molecule has 4 aliphatic rings. The second kappa shape index (κ2) is 20.9. The number of aliphatic carboxylic acids is 1. The Balaban J connectivity index is 1.52. The van der Waals surface area contributed by atoms with Gasteiger partial charge in [0.25, 0.3) is 11.7 Å². The van der Waals surface area contributed by atoms with Crippen molar-refractivity contribution in [3.8, 4) is 5.75 Å². The van der Waals surface area contributed by atoms with E-state index in [9.17, 15) is 85.2 Å². The zero-order valence-electron chi connectivity index (χ0n) is 33.9. The number of aromatic hydroxyl groups is 1. The zero-order valence-corrected chi connectivity index (χ0v) is 33.9. The molecule has 1 aromatic carbocycles. The van der Waals surface area contributed by atoms with E-state index in [0.717, 1.165) is 19.1 Å².